The number of aryl methyl sites for hydroxylation is 3. The van der Waals surface area contributed by atoms with Gasteiger partial charge in [0, 0.05) is 45.7 Å². The van der Waals surface area contributed by atoms with Crippen molar-refractivity contribution in [1.82, 2.24) is 14.5 Å². The molecule has 0 aliphatic heterocycles. The Labute approximate surface area is 331 Å². The first-order chi connectivity index (χ1) is 27.5. The number of fused-ring (bicyclic) bond motifs is 2. The largest absolute Gasteiger partial charge is 0.332 e. The molecule has 0 amide bonds. The predicted molar refractivity (Wildman–Crippen MR) is 214 cm³/mol. The standard InChI is InChI=1S/C35H25N2S.C12H10N.Ir/c1-23-17-18-33-29(19-23)30(22-38-33)35-36-31-15-9-10-16-32(31)37(35)34-27(25-11-5-3-6-12-25)20-24(2)21-28(34)26-13-7-4-8-14-26;1-10-7-8-12(13-9-10)11-5-3-2-4-6-11;/h3-21H,1-2H3;2-5,7-9H,1H3;/q2*-1;/i2*1D3;. The summed E-state index contributed by atoms with van der Waals surface area (Å²) in [6.07, 6.45) is 1.39. The van der Waals surface area contributed by atoms with Crippen LogP contribution in [0, 0.1) is 32.1 Å². The molecule has 0 unspecified atom stereocenters. The van der Waals surface area contributed by atoms with Gasteiger partial charge < -0.3 is 9.55 Å². The van der Waals surface area contributed by atoms with Crippen LogP contribution in [0.4, 0.5) is 0 Å². The maximum atomic E-state index is 8.01. The van der Waals surface area contributed by atoms with Crippen molar-refractivity contribution in [3.8, 4) is 50.6 Å². The van der Waals surface area contributed by atoms with Crippen LogP contribution in [0.5, 0.6) is 0 Å². The molecule has 3 aromatic heterocycles. The topological polar surface area (TPSA) is 30.7 Å². The molecular formula is C47H35IrN3S-2. The Hall–Kier alpha value is -5.45. The Morgan fingerprint density at radius 3 is 2.00 bits per heavy atom. The summed E-state index contributed by atoms with van der Waals surface area (Å²) < 4.78 is 49.0. The molecule has 0 saturated heterocycles. The third-order valence-electron chi connectivity index (χ3n) is 8.69. The van der Waals surface area contributed by atoms with Crippen LogP contribution in [0.1, 0.15) is 24.9 Å². The molecule has 9 aromatic rings. The third-order valence-corrected chi connectivity index (χ3v) is 9.57. The van der Waals surface area contributed by atoms with E-state index in [-0.39, 0.29) is 25.7 Å². The SMILES string of the molecule is [2H]C([2H])([2H])c1ccc(-c2[c-]cccc2)nc1.[2H]C([2H])([2H])c1ccc2s[c-]c(-c3nc4ccccc4n3-c3c(-c4ccccc4)cc(C)cc3-c3ccccc3)c2c1.[Ir]. The smallest absolute Gasteiger partial charge is 0.0774 e. The Kier molecular flexibility index (Phi) is 8.36. The van der Waals surface area contributed by atoms with E-state index >= 15 is 0 Å². The van der Waals surface area contributed by atoms with Gasteiger partial charge in [0.15, 0.2) is 0 Å². The number of hydrogen-bond acceptors (Lipinski definition) is 3. The molecular weight excluding hydrogens is 831 g/mol. The first-order valence-corrected chi connectivity index (χ1v) is 17.4. The molecule has 3 heterocycles. The molecule has 0 atom stereocenters. The van der Waals surface area contributed by atoms with Gasteiger partial charge in [0.05, 0.1) is 22.5 Å². The van der Waals surface area contributed by atoms with Crippen molar-refractivity contribution in [2.24, 2.45) is 0 Å². The maximum absolute atomic E-state index is 8.01. The number of rotatable bonds is 5. The second-order valence-corrected chi connectivity index (χ2v) is 13.0. The Bertz CT molecular complexity index is 2760. The van der Waals surface area contributed by atoms with Crippen LogP contribution < -0.4 is 0 Å². The molecule has 0 aliphatic carbocycles. The molecule has 5 heteroatoms. The van der Waals surface area contributed by atoms with Gasteiger partial charge in [0.1, 0.15) is 0 Å². The van der Waals surface area contributed by atoms with Gasteiger partial charge in [-0.25, -0.2) is 0 Å². The molecule has 255 valence electrons. The van der Waals surface area contributed by atoms with Gasteiger partial charge in [0.25, 0.3) is 0 Å². The minimum Gasteiger partial charge on any atom is -0.332 e. The van der Waals surface area contributed by atoms with E-state index in [1.807, 2.05) is 54.6 Å². The van der Waals surface area contributed by atoms with E-state index in [4.69, 9.17) is 13.2 Å². The fourth-order valence-electron chi connectivity index (χ4n) is 6.36. The van der Waals surface area contributed by atoms with Gasteiger partial charge >= 0.3 is 0 Å². The van der Waals surface area contributed by atoms with Crippen LogP contribution in [-0.4, -0.2) is 14.5 Å². The van der Waals surface area contributed by atoms with Crippen molar-refractivity contribution in [2.45, 2.75) is 20.6 Å². The molecule has 0 bridgehead atoms. The van der Waals surface area contributed by atoms with Gasteiger partial charge in [-0.3, -0.25) is 16.3 Å². The second-order valence-electron chi connectivity index (χ2n) is 12.2. The fraction of sp³-hybridized carbons (Fsp3) is 0.0638. The molecule has 0 fully saturated rings. The molecule has 0 aliphatic rings. The second kappa shape index (κ2) is 15.4. The van der Waals surface area contributed by atoms with Crippen LogP contribution in [0.3, 0.4) is 0 Å². The van der Waals surface area contributed by atoms with E-state index < -0.39 is 13.7 Å². The predicted octanol–water partition coefficient (Wildman–Crippen LogP) is 12.5. The van der Waals surface area contributed by atoms with E-state index in [1.54, 1.807) is 30.3 Å². The summed E-state index contributed by atoms with van der Waals surface area (Å²) >= 11 is 1.48. The van der Waals surface area contributed by atoms with Crippen LogP contribution in [-0.2, 0) is 20.1 Å². The zero-order valence-corrected chi connectivity index (χ0v) is 31.3. The van der Waals surface area contributed by atoms with Gasteiger partial charge in [-0.1, -0.05) is 118 Å². The number of imidazole rings is 1. The van der Waals surface area contributed by atoms with Crippen molar-refractivity contribution >= 4 is 32.5 Å². The quantitative estimate of drug-likeness (QED) is 0.161. The summed E-state index contributed by atoms with van der Waals surface area (Å²) in [5.74, 6) is 0.735. The molecule has 1 radical (unpaired) electrons. The molecule has 52 heavy (non-hydrogen) atoms. The van der Waals surface area contributed by atoms with Crippen molar-refractivity contribution in [2.75, 3.05) is 0 Å². The Morgan fingerprint density at radius 1 is 0.673 bits per heavy atom. The van der Waals surface area contributed by atoms with Gasteiger partial charge in [-0.2, -0.15) is 0 Å². The van der Waals surface area contributed by atoms with Crippen LogP contribution in [0.25, 0.3) is 71.7 Å². The number of nitrogens with zero attached hydrogens (tertiary/aromatic N) is 3. The van der Waals surface area contributed by atoms with Crippen molar-refractivity contribution < 1.29 is 28.3 Å². The normalized spacial score (nSPS) is 13.0. The molecule has 0 saturated carbocycles. The van der Waals surface area contributed by atoms with E-state index in [0.717, 1.165) is 77.3 Å². The maximum Gasteiger partial charge on any atom is 0.0774 e. The Balaban J connectivity index is 0.000000254. The molecule has 9 rings (SSSR count). The minimum absolute atomic E-state index is 0. The summed E-state index contributed by atoms with van der Waals surface area (Å²) in [7, 11) is 0. The zero-order chi connectivity index (χ0) is 39.7. The minimum atomic E-state index is -2.20. The van der Waals surface area contributed by atoms with Crippen LogP contribution in [0.2, 0.25) is 0 Å². The van der Waals surface area contributed by atoms with E-state index in [9.17, 15) is 0 Å². The molecule has 0 spiro atoms. The van der Waals surface area contributed by atoms with Gasteiger partial charge in [-0.15, -0.1) is 47.3 Å². The van der Waals surface area contributed by atoms with E-state index in [2.05, 4.69) is 94.7 Å². The third kappa shape index (κ3) is 7.04. The number of hydrogen-bond donors (Lipinski definition) is 0. The monoisotopic (exact) mass is 872 g/mol. The number of pyridine rings is 1. The van der Waals surface area contributed by atoms with E-state index in [0.29, 0.717) is 5.56 Å². The van der Waals surface area contributed by atoms with Crippen molar-refractivity contribution in [1.29, 1.82) is 0 Å². The first kappa shape index (κ1) is 28.2. The summed E-state index contributed by atoms with van der Waals surface area (Å²) in [6.45, 7) is -2.16. The van der Waals surface area contributed by atoms with Gasteiger partial charge in [0.2, 0.25) is 0 Å². The Morgan fingerprint density at radius 2 is 1.35 bits per heavy atom. The average Bonchev–Trinajstić information content (AvgIpc) is 3.82. The first-order valence-electron chi connectivity index (χ1n) is 19.6. The average molecular weight is 872 g/mol. The number of aromatic nitrogens is 3. The van der Waals surface area contributed by atoms with Gasteiger partial charge in [-0.05, 0) is 72.8 Å². The summed E-state index contributed by atoms with van der Waals surface area (Å²) in [4.78, 5) is 9.29. The van der Waals surface area contributed by atoms with Crippen LogP contribution >= 0.6 is 11.3 Å². The molecule has 0 N–H and O–H groups in total. The number of thiophene rings is 1. The van der Waals surface area contributed by atoms with Crippen LogP contribution in [0.15, 0.2) is 158 Å². The number of benzene rings is 6. The van der Waals surface area contributed by atoms with Crippen molar-refractivity contribution in [3.05, 3.63) is 186 Å². The zero-order valence-electron chi connectivity index (χ0n) is 34.1. The molecule has 6 aromatic carbocycles. The van der Waals surface area contributed by atoms with E-state index in [1.165, 1.54) is 17.5 Å². The molecule has 3 nitrogen and oxygen atoms in total. The summed E-state index contributed by atoms with van der Waals surface area (Å²) in [5, 5.41) is 4.33. The fourth-order valence-corrected chi connectivity index (χ4v) is 7.18. The summed E-state index contributed by atoms with van der Waals surface area (Å²) in [6, 6.07) is 52.6. The summed E-state index contributed by atoms with van der Waals surface area (Å²) in [5.41, 5.74) is 11.4. The number of para-hydroxylation sites is 2. The van der Waals surface area contributed by atoms with Crippen molar-refractivity contribution in [3.63, 3.8) is 0 Å².